The van der Waals surface area contributed by atoms with E-state index < -0.39 is 0 Å². The van der Waals surface area contributed by atoms with Crippen LogP contribution in [0.1, 0.15) is 33.6 Å². The van der Waals surface area contributed by atoms with Crippen LogP contribution in [0.3, 0.4) is 0 Å². The maximum atomic E-state index is 11.9. The Kier molecular flexibility index (Phi) is 2.24. The summed E-state index contributed by atoms with van der Waals surface area (Å²) in [5.41, 5.74) is 0.265. The lowest BCUT2D eigenvalue weighted by Crippen LogP contribution is -2.62. The first-order valence-corrected chi connectivity index (χ1v) is 5.54. The zero-order valence-electron chi connectivity index (χ0n) is 9.54. The maximum absolute atomic E-state index is 11.9. The fourth-order valence-corrected chi connectivity index (χ4v) is 1.97. The van der Waals surface area contributed by atoms with Gasteiger partial charge in [0.15, 0.2) is 0 Å². The molecule has 2 amide bonds. The van der Waals surface area contributed by atoms with Gasteiger partial charge in [-0.15, -0.1) is 0 Å². The van der Waals surface area contributed by atoms with E-state index in [9.17, 15) is 9.59 Å². The van der Waals surface area contributed by atoms with Gasteiger partial charge in [-0.3, -0.25) is 9.59 Å². The molecule has 2 rings (SSSR count). The summed E-state index contributed by atoms with van der Waals surface area (Å²) < 4.78 is 0. The molecule has 0 aromatic heterocycles. The fraction of sp³-hybridized carbons (Fsp3) is 0.818. The molecule has 1 aliphatic heterocycles. The second kappa shape index (κ2) is 3.22. The van der Waals surface area contributed by atoms with Crippen molar-refractivity contribution in [1.29, 1.82) is 0 Å². The normalized spacial score (nSPS) is 33.9. The molecule has 1 aliphatic carbocycles. The Morgan fingerprint density at radius 2 is 2.00 bits per heavy atom. The quantitative estimate of drug-likeness (QED) is 0.722. The summed E-state index contributed by atoms with van der Waals surface area (Å²) in [6.07, 6.45) is 2.33. The Labute approximate surface area is 90.0 Å². The first-order chi connectivity index (χ1) is 6.93. The van der Waals surface area contributed by atoms with E-state index in [0.29, 0.717) is 0 Å². The van der Waals surface area contributed by atoms with Crippen LogP contribution in [0, 0.1) is 5.41 Å². The van der Waals surface area contributed by atoms with Crippen LogP contribution in [0.25, 0.3) is 0 Å². The van der Waals surface area contributed by atoms with E-state index in [1.165, 1.54) is 12.8 Å². The lowest BCUT2D eigenvalue weighted by Gasteiger charge is -2.37. The van der Waals surface area contributed by atoms with E-state index in [-0.39, 0.29) is 29.3 Å². The van der Waals surface area contributed by atoms with Crippen molar-refractivity contribution < 1.29 is 9.59 Å². The highest BCUT2D eigenvalue weighted by Gasteiger charge is 2.44. The predicted octanol–water partition coefficient (Wildman–Crippen LogP) is 0.522. The molecular weight excluding hydrogens is 192 g/mol. The lowest BCUT2D eigenvalue weighted by atomic mass is 10.0. The van der Waals surface area contributed by atoms with E-state index >= 15 is 0 Å². The summed E-state index contributed by atoms with van der Waals surface area (Å²) >= 11 is 0. The van der Waals surface area contributed by atoms with Crippen LogP contribution in [-0.2, 0) is 9.59 Å². The minimum atomic E-state index is -0.365. The predicted molar refractivity (Wildman–Crippen MR) is 56.1 cm³/mol. The molecule has 15 heavy (non-hydrogen) atoms. The molecular formula is C11H18N2O2. The Morgan fingerprint density at radius 3 is 2.53 bits per heavy atom. The molecule has 2 unspecified atom stereocenters. The van der Waals surface area contributed by atoms with Gasteiger partial charge in [0.25, 0.3) is 0 Å². The van der Waals surface area contributed by atoms with Crippen LogP contribution >= 0.6 is 0 Å². The van der Waals surface area contributed by atoms with Crippen molar-refractivity contribution in [1.82, 2.24) is 10.2 Å². The molecule has 4 nitrogen and oxygen atoms in total. The Morgan fingerprint density at radius 1 is 1.40 bits per heavy atom. The summed E-state index contributed by atoms with van der Waals surface area (Å²) in [6.45, 7) is 6.44. The molecule has 0 radical (unpaired) electrons. The number of hydrogen-bond acceptors (Lipinski definition) is 2. The smallest absolute Gasteiger partial charge is 0.245 e. The van der Waals surface area contributed by atoms with Crippen LogP contribution in [0.15, 0.2) is 0 Å². The van der Waals surface area contributed by atoms with E-state index in [4.69, 9.17) is 0 Å². The summed E-state index contributed by atoms with van der Waals surface area (Å²) in [5.74, 6) is 0.0153. The third-order valence-electron chi connectivity index (χ3n) is 3.51. The number of carbonyl (C=O) groups is 2. The number of carbonyl (C=O) groups excluding carboxylic acids is 2. The molecule has 0 bridgehead atoms. The van der Waals surface area contributed by atoms with Gasteiger partial charge >= 0.3 is 0 Å². The molecule has 0 aromatic carbocycles. The van der Waals surface area contributed by atoms with Crippen LogP contribution < -0.4 is 5.32 Å². The van der Waals surface area contributed by atoms with Gasteiger partial charge in [0, 0.05) is 6.54 Å². The van der Waals surface area contributed by atoms with E-state index in [0.717, 1.165) is 6.54 Å². The van der Waals surface area contributed by atoms with Crippen LogP contribution in [0.5, 0.6) is 0 Å². The highest BCUT2D eigenvalue weighted by molar-refractivity contribution is 5.96. The van der Waals surface area contributed by atoms with Crippen molar-refractivity contribution in [3.63, 3.8) is 0 Å². The Bertz CT molecular complexity index is 310. The first-order valence-electron chi connectivity index (χ1n) is 5.54. The molecule has 1 saturated carbocycles. The SMILES string of the molecule is CC1NC(=O)C(C)N(CC2(C)CC2)C1=O. The Hall–Kier alpha value is -1.06. The summed E-state index contributed by atoms with van der Waals surface area (Å²) in [6, 6.07) is -0.679. The van der Waals surface area contributed by atoms with Gasteiger partial charge in [-0.1, -0.05) is 6.92 Å². The number of nitrogens with zero attached hydrogens (tertiary/aromatic N) is 1. The van der Waals surface area contributed by atoms with Gasteiger partial charge in [0.05, 0.1) is 0 Å². The molecule has 2 fully saturated rings. The zero-order valence-corrected chi connectivity index (χ0v) is 9.54. The summed E-state index contributed by atoms with van der Waals surface area (Å²) in [4.78, 5) is 25.2. The molecule has 1 saturated heterocycles. The van der Waals surface area contributed by atoms with E-state index in [1.807, 2.05) is 0 Å². The number of rotatable bonds is 2. The highest BCUT2D eigenvalue weighted by Crippen LogP contribution is 2.46. The number of piperazine rings is 1. The second-order valence-corrected chi connectivity index (χ2v) is 5.18. The molecule has 1 heterocycles. The van der Waals surface area contributed by atoms with Crippen LogP contribution in [0.4, 0.5) is 0 Å². The van der Waals surface area contributed by atoms with Crippen molar-refractivity contribution in [3.8, 4) is 0 Å². The molecule has 2 atom stereocenters. The average molecular weight is 210 g/mol. The van der Waals surface area contributed by atoms with Crippen molar-refractivity contribution in [2.75, 3.05) is 6.54 Å². The van der Waals surface area contributed by atoms with Crippen molar-refractivity contribution in [3.05, 3.63) is 0 Å². The van der Waals surface area contributed by atoms with Crippen molar-refractivity contribution in [2.45, 2.75) is 45.7 Å². The highest BCUT2D eigenvalue weighted by atomic mass is 16.2. The van der Waals surface area contributed by atoms with Crippen LogP contribution in [0.2, 0.25) is 0 Å². The van der Waals surface area contributed by atoms with Gasteiger partial charge in [-0.2, -0.15) is 0 Å². The largest absolute Gasteiger partial charge is 0.343 e. The lowest BCUT2D eigenvalue weighted by molar-refractivity contribution is -0.148. The molecule has 4 heteroatoms. The minimum Gasteiger partial charge on any atom is -0.343 e. The molecule has 2 aliphatic rings. The number of hydrogen-bond donors (Lipinski definition) is 1. The van der Waals surface area contributed by atoms with Gasteiger partial charge in [-0.25, -0.2) is 0 Å². The zero-order chi connectivity index (χ0) is 11.2. The minimum absolute atomic E-state index is 0.0358. The Balaban J connectivity index is 2.11. The summed E-state index contributed by atoms with van der Waals surface area (Å²) in [7, 11) is 0. The molecule has 0 aromatic rings. The topological polar surface area (TPSA) is 49.4 Å². The van der Waals surface area contributed by atoms with Gasteiger partial charge < -0.3 is 10.2 Å². The monoisotopic (exact) mass is 210 g/mol. The standard InChI is InChI=1S/C11H18N2O2/c1-7-10(15)13(6-11(3)4-5-11)8(2)9(14)12-7/h7-8H,4-6H2,1-3H3,(H,12,14). The molecule has 84 valence electrons. The third kappa shape index (κ3) is 1.85. The third-order valence-corrected chi connectivity index (χ3v) is 3.51. The van der Waals surface area contributed by atoms with Gasteiger partial charge in [0.2, 0.25) is 11.8 Å². The number of amides is 2. The second-order valence-electron chi connectivity index (χ2n) is 5.18. The first kappa shape index (κ1) is 10.5. The molecule has 1 N–H and O–H groups in total. The van der Waals surface area contributed by atoms with Crippen molar-refractivity contribution >= 4 is 11.8 Å². The van der Waals surface area contributed by atoms with Crippen LogP contribution in [-0.4, -0.2) is 35.3 Å². The fourth-order valence-electron chi connectivity index (χ4n) is 1.97. The van der Waals surface area contributed by atoms with E-state index in [2.05, 4.69) is 12.2 Å². The number of nitrogens with one attached hydrogen (secondary N) is 1. The van der Waals surface area contributed by atoms with E-state index in [1.54, 1.807) is 18.7 Å². The summed E-state index contributed by atoms with van der Waals surface area (Å²) in [5, 5.41) is 2.68. The molecule has 0 spiro atoms. The van der Waals surface area contributed by atoms with Gasteiger partial charge in [-0.05, 0) is 32.1 Å². The van der Waals surface area contributed by atoms with Crippen molar-refractivity contribution in [2.24, 2.45) is 5.41 Å². The maximum Gasteiger partial charge on any atom is 0.245 e. The van der Waals surface area contributed by atoms with Gasteiger partial charge in [0.1, 0.15) is 12.1 Å². The average Bonchev–Trinajstić information content (AvgIpc) is 2.89.